The molecule has 0 nitrogen and oxygen atoms in total. The van der Waals surface area contributed by atoms with Crippen molar-refractivity contribution in [3.8, 4) is 0 Å². The van der Waals surface area contributed by atoms with Gasteiger partial charge in [-0.1, -0.05) is 48.5 Å². The van der Waals surface area contributed by atoms with Gasteiger partial charge in [-0.15, -0.1) is 0 Å². The van der Waals surface area contributed by atoms with Gasteiger partial charge in [-0.2, -0.15) is 0 Å². The Balaban J connectivity index is 2.19. The smallest absolute Gasteiger partial charge is 0.00257 e. The van der Waals surface area contributed by atoms with Crippen LogP contribution < -0.4 is 0 Å². The lowest BCUT2D eigenvalue weighted by atomic mass is 10.0. The Bertz CT molecular complexity index is 401. The van der Waals surface area contributed by atoms with E-state index in [2.05, 4.69) is 49.4 Å². The minimum Gasteiger partial charge on any atom is -0.0622 e. The fourth-order valence-corrected chi connectivity index (χ4v) is 1.59. The molecule has 0 aliphatic rings. The fourth-order valence-electron chi connectivity index (χ4n) is 1.59. The molecule has 2 aromatic carbocycles. The van der Waals surface area contributed by atoms with Gasteiger partial charge in [0.1, 0.15) is 0 Å². The summed E-state index contributed by atoms with van der Waals surface area (Å²) in [4.78, 5) is 0. The number of hydrogen-bond donors (Lipinski definition) is 0. The molecule has 2 rings (SSSR count). The summed E-state index contributed by atoms with van der Waals surface area (Å²) in [5.41, 5.74) is 3.92. The van der Waals surface area contributed by atoms with Crippen LogP contribution in [0.3, 0.4) is 0 Å². The normalized spacial score (nSPS) is 10.1. The first-order valence-corrected chi connectivity index (χ1v) is 4.86. The summed E-state index contributed by atoms with van der Waals surface area (Å²) in [6.07, 6.45) is 1.01. The molecular formula is C14H13. The third kappa shape index (κ3) is 2.23. The summed E-state index contributed by atoms with van der Waals surface area (Å²) in [6, 6.07) is 20.0. The molecule has 0 heterocycles. The van der Waals surface area contributed by atoms with Gasteiger partial charge in [0.15, 0.2) is 0 Å². The van der Waals surface area contributed by atoms with Crippen molar-refractivity contribution in [3.05, 3.63) is 71.3 Å². The highest BCUT2D eigenvalue weighted by atomic mass is 14.0. The van der Waals surface area contributed by atoms with Crippen LogP contribution in [-0.4, -0.2) is 0 Å². The van der Waals surface area contributed by atoms with Crippen LogP contribution in [0.2, 0.25) is 0 Å². The maximum absolute atomic E-state index is 3.16. The number of aryl methyl sites for hydroxylation is 1. The molecule has 69 valence electrons. The Kier molecular flexibility index (Phi) is 2.64. The average molecular weight is 181 g/mol. The number of hydrogen-bond acceptors (Lipinski definition) is 0. The van der Waals surface area contributed by atoms with Gasteiger partial charge in [-0.3, -0.25) is 0 Å². The van der Waals surface area contributed by atoms with Gasteiger partial charge < -0.3 is 0 Å². The minimum absolute atomic E-state index is 1.01. The second-order valence-electron chi connectivity index (χ2n) is 3.54. The SMILES string of the molecule is Cc1[c]ccc(Cc2ccccc2)c1. The lowest BCUT2D eigenvalue weighted by molar-refractivity contribution is 1.18. The van der Waals surface area contributed by atoms with E-state index in [1.165, 1.54) is 16.7 Å². The van der Waals surface area contributed by atoms with Crippen molar-refractivity contribution in [3.63, 3.8) is 0 Å². The zero-order valence-corrected chi connectivity index (χ0v) is 8.33. The molecule has 0 aliphatic carbocycles. The minimum atomic E-state index is 1.01. The first kappa shape index (κ1) is 9.01. The van der Waals surface area contributed by atoms with Gasteiger partial charge in [0.05, 0.1) is 0 Å². The third-order valence-electron chi connectivity index (χ3n) is 2.26. The van der Waals surface area contributed by atoms with E-state index in [4.69, 9.17) is 0 Å². The molecule has 0 spiro atoms. The van der Waals surface area contributed by atoms with E-state index >= 15 is 0 Å². The summed E-state index contributed by atoms with van der Waals surface area (Å²) in [6.45, 7) is 2.08. The molecule has 0 fully saturated rings. The molecule has 0 saturated heterocycles. The highest BCUT2D eigenvalue weighted by Gasteiger charge is 1.95. The topological polar surface area (TPSA) is 0 Å². The van der Waals surface area contributed by atoms with Gasteiger partial charge in [0.25, 0.3) is 0 Å². The van der Waals surface area contributed by atoms with Gasteiger partial charge in [0.2, 0.25) is 0 Å². The monoisotopic (exact) mass is 181 g/mol. The molecule has 0 atom stereocenters. The van der Waals surface area contributed by atoms with Crippen molar-refractivity contribution in [2.75, 3.05) is 0 Å². The summed E-state index contributed by atoms with van der Waals surface area (Å²) < 4.78 is 0. The highest BCUT2D eigenvalue weighted by Crippen LogP contribution is 2.10. The summed E-state index contributed by atoms with van der Waals surface area (Å²) in [5, 5.41) is 0. The first-order valence-electron chi connectivity index (χ1n) is 4.86. The van der Waals surface area contributed by atoms with E-state index in [-0.39, 0.29) is 0 Å². The van der Waals surface area contributed by atoms with Crippen molar-refractivity contribution in [2.24, 2.45) is 0 Å². The molecular weight excluding hydrogens is 168 g/mol. The molecule has 0 amide bonds. The summed E-state index contributed by atoms with van der Waals surface area (Å²) in [7, 11) is 0. The van der Waals surface area contributed by atoms with Crippen LogP contribution in [0.1, 0.15) is 16.7 Å². The van der Waals surface area contributed by atoms with Crippen LogP contribution in [0.4, 0.5) is 0 Å². The zero-order chi connectivity index (χ0) is 9.80. The number of benzene rings is 2. The molecule has 2 aromatic rings. The zero-order valence-electron chi connectivity index (χ0n) is 8.33. The largest absolute Gasteiger partial charge is 0.0622 e. The van der Waals surface area contributed by atoms with Gasteiger partial charge in [0, 0.05) is 0 Å². The standard InChI is InChI=1S/C14H13/c1-12-6-5-9-14(10-12)11-13-7-3-2-4-8-13/h2-5,7-10H,11H2,1H3. The Morgan fingerprint density at radius 3 is 2.50 bits per heavy atom. The Morgan fingerprint density at radius 2 is 1.79 bits per heavy atom. The van der Waals surface area contributed by atoms with Crippen LogP contribution in [0.15, 0.2) is 48.5 Å². The van der Waals surface area contributed by atoms with Gasteiger partial charge >= 0.3 is 0 Å². The van der Waals surface area contributed by atoms with E-state index in [0.717, 1.165) is 6.42 Å². The van der Waals surface area contributed by atoms with Gasteiger partial charge in [-0.05, 0) is 36.1 Å². The number of rotatable bonds is 2. The first-order chi connectivity index (χ1) is 6.84. The third-order valence-corrected chi connectivity index (χ3v) is 2.26. The lowest BCUT2D eigenvalue weighted by Crippen LogP contribution is -1.87. The second-order valence-corrected chi connectivity index (χ2v) is 3.54. The Morgan fingerprint density at radius 1 is 1.00 bits per heavy atom. The molecule has 1 radical (unpaired) electrons. The highest BCUT2D eigenvalue weighted by molar-refractivity contribution is 5.28. The van der Waals surface area contributed by atoms with Gasteiger partial charge in [-0.25, -0.2) is 0 Å². The fraction of sp³-hybridized carbons (Fsp3) is 0.143. The quantitative estimate of drug-likeness (QED) is 0.666. The van der Waals surface area contributed by atoms with E-state index < -0.39 is 0 Å². The molecule has 0 unspecified atom stereocenters. The maximum Gasteiger partial charge on any atom is -0.00257 e. The lowest BCUT2D eigenvalue weighted by Gasteiger charge is -2.02. The van der Waals surface area contributed by atoms with Crippen LogP contribution in [0.25, 0.3) is 0 Å². The van der Waals surface area contributed by atoms with Crippen molar-refractivity contribution in [2.45, 2.75) is 13.3 Å². The van der Waals surface area contributed by atoms with E-state index in [9.17, 15) is 0 Å². The van der Waals surface area contributed by atoms with E-state index in [1.807, 2.05) is 12.1 Å². The summed E-state index contributed by atoms with van der Waals surface area (Å²) in [5.74, 6) is 0. The van der Waals surface area contributed by atoms with E-state index in [0.29, 0.717) is 0 Å². The van der Waals surface area contributed by atoms with Crippen molar-refractivity contribution in [1.29, 1.82) is 0 Å². The van der Waals surface area contributed by atoms with E-state index in [1.54, 1.807) is 0 Å². The van der Waals surface area contributed by atoms with Crippen molar-refractivity contribution in [1.82, 2.24) is 0 Å². The predicted octanol–water partition coefficient (Wildman–Crippen LogP) is 3.39. The molecule has 0 aliphatic heterocycles. The van der Waals surface area contributed by atoms with Crippen LogP contribution in [0.5, 0.6) is 0 Å². The van der Waals surface area contributed by atoms with Crippen molar-refractivity contribution >= 4 is 0 Å². The molecule has 0 N–H and O–H groups in total. The Hall–Kier alpha value is -1.56. The predicted molar refractivity (Wildman–Crippen MR) is 59.3 cm³/mol. The van der Waals surface area contributed by atoms with Crippen LogP contribution in [-0.2, 0) is 6.42 Å². The molecule has 0 aromatic heterocycles. The second kappa shape index (κ2) is 4.10. The van der Waals surface area contributed by atoms with Crippen LogP contribution >= 0.6 is 0 Å². The summed E-state index contributed by atoms with van der Waals surface area (Å²) >= 11 is 0. The average Bonchev–Trinajstić information content (AvgIpc) is 2.19. The Labute approximate surface area is 85.2 Å². The molecule has 14 heavy (non-hydrogen) atoms. The molecule has 0 saturated carbocycles. The molecule has 0 heteroatoms. The van der Waals surface area contributed by atoms with Crippen LogP contribution in [0, 0.1) is 13.0 Å². The molecule has 0 bridgehead atoms. The van der Waals surface area contributed by atoms with Crippen molar-refractivity contribution < 1.29 is 0 Å². The maximum atomic E-state index is 3.16.